The first-order chi connectivity index (χ1) is 9.66. The molecular weight excluding hydrogens is 250 g/mol. The number of rotatable bonds is 1. The van der Waals surface area contributed by atoms with Crippen molar-refractivity contribution in [3.8, 4) is 0 Å². The molecule has 0 aliphatic carbocycles. The summed E-state index contributed by atoms with van der Waals surface area (Å²) in [7, 11) is 0. The highest BCUT2D eigenvalue weighted by molar-refractivity contribution is 6.13. The fraction of sp³-hybridized carbons (Fsp3) is 0.176. The van der Waals surface area contributed by atoms with Crippen molar-refractivity contribution in [1.29, 1.82) is 0 Å². The third-order valence-electron chi connectivity index (χ3n) is 3.57. The van der Waals surface area contributed by atoms with Gasteiger partial charge in [0.15, 0.2) is 5.78 Å². The summed E-state index contributed by atoms with van der Waals surface area (Å²) in [5.41, 5.74) is 3.06. The normalized spacial score (nSPS) is 14.1. The van der Waals surface area contributed by atoms with Gasteiger partial charge in [-0.1, -0.05) is 29.8 Å². The van der Waals surface area contributed by atoms with Crippen molar-refractivity contribution in [3.05, 3.63) is 65.2 Å². The quantitative estimate of drug-likeness (QED) is 0.794. The Kier molecular flexibility index (Phi) is 3.11. The van der Waals surface area contributed by atoms with E-state index >= 15 is 0 Å². The monoisotopic (exact) mass is 265 g/mol. The Morgan fingerprint density at radius 1 is 1.10 bits per heavy atom. The average Bonchev–Trinajstić information content (AvgIpc) is 2.48. The molecule has 3 heteroatoms. The molecule has 0 atom stereocenters. The lowest BCUT2D eigenvalue weighted by atomic mass is 9.97. The van der Waals surface area contributed by atoms with Crippen LogP contribution >= 0.6 is 0 Å². The van der Waals surface area contributed by atoms with Crippen LogP contribution < -0.4 is 4.90 Å². The summed E-state index contributed by atoms with van der Waals surface area (Å²) in [5, 5.41) is 0. The molecule has 2 aromatic rings. The molecule has 0 radical (unpaired) electrons. The van der Waals surface area contributed by atoms with Gasteiger partial charge < -0.3 is 4.90 Å². The molecule has 1 amide bonds. The Bertz CT molecular complexity index is 677. The van der Waals surface area contributed by atoms with Crippen molar-refractivity contribution < 1.29 is 9.59 Å². The van der Waals surface area contributed by atoms with Gasteiger partial charge in [-0.2, -0.15) is 0 Å². The third kappa shape index (κ3) is 2.11. The van der Waals surface area contributed by atoms with E-state index in [9.17, 15) is 9.59 Å². The zero-order valence-electron chi connectivity index (χ0n) is 11.3. The highest BCUT2D eigenvalue weighted by atomic mass is 16.2. The molecule has 2 aromatic carbocycles. The second-order valence-electron chi connectivity index (χ2n) is 5.02. The van der Waals surface area contributed by atoms with E-state index in [1.54, 1.807) is 17.0 Å². The standard InChI is InChI=1S/C17H15NO2/c1-12-7-8-15-14(11-12)16(19)9-10-18(15)17(20)13-5-3-2-4-6-13/h2-8,11H,9-10H2,1H3. The van der Waals surface area contributed by atoms with E-state index in [-0.39, 0.29) is 11.7 Å². The van der Waals surface area contributed by atoms with E-state index in [1.165, 1.54) is 0 Å². The minimum absolute atomic E-state index is 0.0526. The molecule has 0 aromatic heterocycles. The minimum Gasteiger partial charge on any atom is -0.307 e. The highest BCUT2D eigenvalue weighted by Gasteiger charge is 2.27. The number of Topliss-reactive ketones (excluding diaryl/α,β-unsaturated/α-hetero) is 1. The number of ketones is 1. The van der Waals surface area contributed by atoms with Crippen LogP contribution in [0.5, 0.6) is 0 Å². The zero-order valence-corrected chi connectivity index (χ0v) is 11.3. The second kappa shape index (κ2) is 4.93. The van der Waals surface area contributed by atoms with Crippen molar-refractivity contribution in [2.45, 2.75) is 13.3 Å². The molecule has 0 bridgehead atoms. The van der Waals surface area contributed by atoms with E-state index in [2.05, 4.69) is 0 Å². The summed E-state index contributed by atoms with van der Waals surface area (Å²) in [6.07, 6.45) is 0.384. The molecule has 100 valence electrons. The number of hydrogen-bond acceptors (Lipinski definition) is 2. The number of benzene rings is 2. The van der Waals surface area contributed by atoms with Crippen LogP contribution in [0.4, 0.5) is 5.69 Å². The number of carbonyl (C=O) groups excluding carboxylic acids is 2. The lowest BCUT2D eigenvalue weighted by Crippen LogP contribution is -2.37. The zero-order chi connectivity index (χ0) is 14.1. The Morgan fingerprint density at radius 2 is 1.85 bits per heavy atom. The Hall–Kier alpha value is -2.42. The van der Waals surface area contributed by atoms with Gasteiger partial charge in [-0.25, -0.2) is 0 Å². The van der Waals surface area contributed by atoms with Gasteiger partial charge >= 0.3 is 0 Å². The van der Waals surface area contributed by atoms with Crippen LogP contribution in [0, 0.1) is 6.92 Å². The summed E-state index contributed by atoms with van der Waals surface area (Å²) in [4.78, 5) is 26.3. The topological polar surface area (TPSA) is 37.4 Å². The number of anilines is 1. The largest absolute Gasteiger partial charge is 0.307 e. The maximum absolute atomic E-state index is 12.6. The predicted molar refractivity (Wildman–Crippen MR) is 78.2 cm³/mol. The molecule has 3 rings (SSSR count). The maximum atomic E-state index is 12.6. The van der Waals surface area contributed by atoms with Gasteiger partial charge in [-0.15, -0.1) is 0 Å². The highest BCUT2D eigenvalue weighted by Crippen LogP contribution is 2.29. The summed E-state index contributed by atoms with van der Waals surface area (Å²) >= 11 is 0. The van der Waals surface area contributed by atoms with Gasteiger partial charge in [0.05, 0.1) is 5.69 Å². The summed E-state index contributed by atoms with van der Waals surface area (Å²) in [6, 6.07) is 14.8. The second-order valence-corrected chi connectivity index (χ2v) is 5.02. The molecule has 0 unspecified atom stereocenters. The summed E-state index contributed by atoms with van der Waals surface area (Å²) < 4.78 is 0. The van der Waals surface area contributed by atoms with Crippen LogP contribution in [0.3, 0.4) is 0 Å². The lowest BCUT2D eigenvalue weighted by molar-refractivity contribution is 0.0955. The molecule has 0 N–H and O–H groups in total. The Morgan fingerprint density at radius 3 is 2.60 bits per heavy atom. The van der Waals surface area contributed by atoms with Crippen LogP contribution in [0.2, 0.25) is 0 Å². The smallest absolute Gasteiger partial charge is 0.258 e. The van der Waals surface area contributed by atoms with Crippen molar-refractivity contribution in [1.82, 2.24) is 0 Å². The number of amides is 1. The number of nitrogens with zero attached hydrogens (tertiary/aromatic N) is 1. The number of aryl methyl sites for hydroxylation is 1. The van der Waals surface area contributed by atoms with Gasteiger partial charge in [-0.05, 0) is 31.2 Å². The molecule has 0 saturated heterocycles. The van der Waals surface area contributed by atoms with Gasteiger partial charge in [0.2, 0.25) is 0 Å². The molecule has 1 aliphatic heterocycles. The predicted octanol–water partition coefficient (Wildman–Crippen LogP) is 3.23. The van der Waals surface area contributed by atoms with Crippen molar-refractivity contribution in [2.24, 2.45) is 0 Å². The van der Waals surface area contributed by atoms with Crippen molar-refractivity contribution in [3.63, 3.8) is 0 Å². The minimum atomic E-state index is -0.0526. The van der Waals surface area contributed by atoms with E-state index in [0.29, 0.717) is 24.1 Å². The maximum Gasteiger partial charge on any atom is 0.258 e. The number of hydrogen-bond donors (Lipinski definition) is 0. The summed E-state index contributed by atoms with van der Waals surface area (Å²) in [5.74, 6) is 0.0593. The van der Waals surface area contributed by atoms with E-state index < -0.39 is 0 Å². The molecule has 0 fully saturated rings. The molecule has 1 heterocycles. The van der Waals surface area contributed by atoms with Crippen LogP contribution in [0.25, 0.3) is 0 Å². The SMILES string of the molecule is Cc1ccc2c(c1)C(=O)CCN2C(=O)c1ccccc1. The van der Waals surface area contributed by atoms with E-state index in [0.717, 1.165) is 11.3 Å². The fourth-order valence-corrected chi connectivity index (χ4v) is 2.52. The number of carbonyl (C=O) groups is 2. The molecule has 1 aliphatic rings. The molecular formula is C17H15NO2. The number of fused-ring (bicyclic) bond motifs is 1. The average molecular weight is 265 g/mol. The van der Waals surface area contributed by atoms with Gasteiger partial charge in [0.25, 0.3) is 5.91 Å². The first kappa shape index (κ1) is 12.6. The Labute approximate surface area is 117 Å². The van der Waals surface area contributed by atoms with E-state index in [1.807, 2.05) is 43.3 Å². The molecule has 0 spiro atoms. The van der Waals surface area contributed by atoms with Crippen LogP contribution in [0.15, 0.2) is 48.5 Å². The van der Waals surface area contributed by atoms with Gasteiger partial charge in [-0.3, -0.25) is 9.59 Å². The first-order valence-corrected chi connectivity index (χ1v) is 6.67. The van der Waals surface area contributed by atoms with Crippen LogP contribution in [0.1, 0.15) is 32.7 Å². The Balaban J connectivity index is 2.03. The molecule has 0 saturated carbocycles. The molecule has 20 heavy (non-hydrogen) atoms. The van der Waals surface area contributed by atoms with Gasteiger partial charge in [0, 0.05) is 24.1 Å². The van der Waals surface area contributed by atoms with Crippen molar-refractivity contribution in [2.75, 3.05) is 11.4 Å². The fourth-order valence-electron chi connectivity index (χ4n) is 2.52. The van der Waals surface area contributed by atoms with Crippen LogP contribution in [-0.2, 0) is 0 Å². The van der Waals surface area contributed by atoms with Crippen LogP contribution in [-0.4, -0.2) is 18.2 Å². The molecule has 3 nitrogen and oxygen atoms in total. The lowest BCUT2D eigenvalue weighted by Gasteiger charge is -2.29. The first-order valence-electron chi connectivity index (χ1n) is 6.67. The van der Waals surface area contributed by atoms with Crippen molar-refractivity contribution >= 4 is 17.4 Å². The van der Waals surface area contributed by atoms with Gasteiger partial charge in [0.1, 0.15) is 0 Å². The summed E-state index contributed by atoms with van der Waals surface area (Å²) in [6.45, 7) is 2.40. The third-order valence-corrected chi connectivity index (χ3v) is 3.57. The van der Waals surface area contributed by atoms with E-state index in [4.69, 9.17) is 0 Å².